The van der Waals surface area contributed by atoms with Crippen molar-refractivity contribution in [3.63, 3.8) is 0 Å². The van der Waals surface area contributed by atoms with E-state index < -0.39 is 0 Å². The Morgan fingerprint density at radius 2 is 2.09 bits per heavy atom. The minimum Gasteiger partial charge on any atom is -0.382 e. The number of aliphatic imine (C=N–C) groups is 1. The van der Waals surface area contributed by atoms with Gasteiger partial charge in [-0.05, 0) is 38.0 Å². The first kappa shape index (κ1) is 20.2. The first-order chi connectivity index (χ1) is 11.1. The summed E-state index contributed by atoms with van der Waals surface area (Å²) < 4.78 is 10.5. The molecule has 0 radical (unpaired) electrons. The van der Waals surface area contributed by atoms with Gasteiger partial charge in [-0.1, -0.05) is 20.3 Å². The van der Waals surface area contributed by atoms with Gasteiger partial charge >= 0.3 is 0 Å². The minimum atomic E-state index is 0.437. The lowest BCUT2D eigenvalue weighted by molar-refractivity contribution is 0.0702. The molecule has 136 valence electrons. The summed E-state index contributed by atoms with van der Waals surface area (Å²) in [5, 5.41) is 3.46. The lowest BCUT2D eigenvalue weighted by atomic mass is 9.78. The lowest BCUT2D eigenvalue weighted by Crippen LogP contribution is -2.49. The molecule has 0 amide bonds. The lowest BCUT2D eigenvalue weighted by Gasteiger charge is -2.42. The molecule has 1 N–H and O–H groups in total. The van der Waals surface area contributed by atoms with Crippen LogP contribution in [0.15, 0.2) is 4.99 Å². The van der Waals surface area contributed by atoms with Crippen LogP contribution in [0.4, 0.5) is 0 Å². The summed E-state index contributed by atoms with van der Waals surface area (Å²) in [4.78, 5) is 7.25. The number of rotatable bonds is 10. The zero-order valence-corrected chi connectivity index (χ0v) is 15.7. The molecule has 1 aliphatic rings. The minimum absolute atomic E-state index is 0.437. The molecule has 0 bridgehead atoms. The van der Waals surface area contributed by atoms with Crippen molar-refractivity contribution < 1.29 is 9.47 Å². The van der Waals surface area contributed by atoms with Crippen molar-refractivity contribution in [2.45, 2.75) is 52.9 Å². The van der Waals surface area contributed by atoms with Gasteiger partial charge in [0.15, 0.2) is 5.96 Å². The monoisotopic (exact) mass is 327 g/mol. The van der Waals surface area contributed by atoms with Gasteiger partial charge < -0.3 is 19.7 Å². The number of likely N-dealkylation sites (tertiary alicyclic amines) is 1. The standard InChI is InChI=1S/C18H37N3O2/c1-5-9-18(3)10-7-12-21(16-18)17(19-6-2)20-11-8-13-23-15-14-22-4/h5-16H2,1-4H3,(H,19,20). The van der Waals surface area contributed by atoms with Crippen LogP contribution in [-0.4, -0.2) is 64.0 Å². The molecule has 1 unspecified atom stereocenters. The van der Waals surface area contributed by atoms with Crippen molar-refractivity contribution in [3.05, 3.63) is 0 Å². The van der Waals surface area contributed by atoms with Crippen LogP contribution in [0.3, 0.4) is 0 Å². The van der Waals surface area contributed by atoms with E-state index in [-0.39, 0.29) is 0 Å². The summed E-state index contributed by atoms with van der Waals surface area (Å²) in [7, 11) is 1.70. The second-order valence-electron chi connectivity index (χ2n) is 6.78. The molecule has 1 aliphatic heterocycles. The molecular formula is C18H37N3O2. The van der Waals surface area contributed by atoms with Crippen molar-refractivity contribution >= 4 is 5.96 Å². The maximum atomic E-state index is 5.50. The van der Waals surface area contributed by atoms with Crippen LogP contribution >= 0.6 is 0 Å². The highest BCUT2D eigenvalue weighted by Gasteiger charge is 2.31. The molecule has 0 saturated carbocycles. The van der Waals surface area contributed by atoms with Crippen molar-refractivity contribution in [2.75, 3.05) is 53.1 Å². The molecule has 0 aromatic rings. The van der Waals surface area contributed by atoms with Gasteiger partial charge in [-0.3, -0.25) is 4.99 Å². The Morgan fingerprint density at radius 1 is 1.26 bits per heavy atom. The number of nitrogens with one attached hydrogen (secondary N) is 1. The predicted octanol–water partition coefficient (Wildman–Crippen LogP) is 2.91. The normalized spacial score (nSPS) is 22.4. The Labute approximate surface area is 142 Å². The van der Waals surface area contributed by atoms with Crippen molar-refractivity contribution in [1.82, 2.24) is 10.2 Å². The summed E-state index contributed by atoms with van der Waals surface area (Å²) in [5.74, 6) is 1.08. The van der Waals surface area contributed by atoms with E-state index in [1.54, 1.807) is 7.11 Å². The van der Waals surface area contributed by atoms with Gasteiger partial charge in [-0.2, -0.15) is 0 Å². The summed E-state index contributed by atoms with van der Waals surface area (Å²) in [6.07, 6.45) is 6.12. The number of methoxy groups -OCH3 is 1. The second-order valence-corrected chi connectivity index (χ2v) is 6.78. The maximum absolute atomic E-state index is 5.50. The number of piperidine rings is 1. The molecule has 1 fully saturated rings. The Hall–Kier alpha value is -0.810. The summed E-state index contributed by atoms with van der Waals surface area (Å²) in [6, 6.07) is 0. The predicted molar refractivity (Wildman–Crippen MR) is 97.1 cm³/mol. The topological polar surface area (TPSA) is 46.1 Å². The fourth-order valence-corrected chi connectivity index (χ4v) is 3.33. The molecule has 5 nitrogen and oxygen atoms in total. The smallest absolute Gasteiger partial charge is 0.193 e. The zero-order chi connectivity index (χ0) is 17.0. The first-order valence-electron chi connectivity index (χ1n) is 9.25. The Bertz CT molecular complexity index is 332. The van der Waals surface area contributed by atoms with E-state index in [0.29, 0.717) is 18.6 Å². The molecule has 0 aromatic carbocycles. The number of nitrogens with zero attached hydrogens (tertiary/aromatic N) is 2. The number of guanidine groups is 1. The van der Waals surface area contributed by atoms with Gasteiger partial charge in [0.25, 0.3) is 0 Å². The van der Waals surface area contributed by atoms with Gasteiger partial charge in [0.2, 0.25) is 0 Å². The number of hydrogen-bond acceptors (Lipinski definition) is 3. The van der Waals surface area contributed by atoms with Gasteiger partial charge in [0.1, 0.15) is 0 Å². The van der Waals surface area contributed by atoms with Crippen LogP contribution in [0.5, 0.6) is 0 Å². The Morgan fingerprint density at radius 3 is 2.78 bits per heavy atom. The highest BCUT2D eigenvalue weighted by Crippen LogP contribution is 2.33. The van der Waals surface area contributed by atoms with E-state index in [1.165, 1.54) is 25.7 Å². The molecule has 0 aliphatic carbocycles. The summed E-state index contributed by atoms with van der Waals surface area (Å²) in [6.45, 7) is 12.9. The van der Waals surface area contributed by atoms with Gasteiger partial charge in [0, 0.05) is 39.9 Å². The fraction of sp³-hybridized carbons (Fsp3) is 0.944. The molecular weight excluding hydrogens is 290 g/mol. The van der Waals surface area contributed by atoms with Gasteiger partial charge in [-0.25, -0.2) is 0 Å². The highest BCUT2D eigenvalue weighted by molar-refractivity contribution is 5.80. The maximum Gasteiger partial charge on any atom is 0.193 e. The number of hydrogen-bond donors (Lipinski definition) is 1. The number of ether oxygens (including phenoxy) is 2. The van der Waals surface area contributed by atoms with Crippen LogP contribution in [0, 0.1) is 5.41 Å². The average Bonchev–Trinajstić information content (AvgIpc) is 2.53. The second kappa shape index (κ2) is 11.7. The molecule has 1 rings (SSSR count). The van der Waals surface area contributed by atoms with Gasteiger partial charge in [-0.15, -0.1) is 0 Å². The van der Waals surface area contributed by atoms with Crippen LogP contribution in [0.2, 0.25) is 0 Å². The quantitative estimate of drug-likeness (QED) is 0.381. The van der Waals surface area contributed by atoms with E-state index in [0.717, 1.165) is 45.2 Å². The van der Waals surface area contributed by atoms with Crippen molar-refractivity contribution in [3.8, 4) is 0 Å². The summed E-state index contributed by atoms with van der Waals surface area (Å²) in [5.41, 5.74) is 0.437. The molecule has 1 heterocycles. The Kier molecular flexibility index (Phi) is 10.3. The van der Waals surface area contributed by atoms with Gasteiger partial charge in [0.05, 0.1) is 13.2 Å². The third-order valence-electron chi connectivity index (χ3n) is 4.41. The summed E-state index contributed by atoms with van der Waals surface area (Å²) >= 11 is 0. The van der Waals surface area contributed by atoms with Crippen LogP contribution < -0.4 is 5.32 Å². The molecule has 0 spiro atoms. The van der Waals surface area contributed by atoms with Crippen molar-refractivity contribution in [2.24, 2.45) is 10.4 Å². The first-order valence-corrected chi connectivity index (χ1v) is 9.25. The largest absolute Gasteiger partial charge is 0.382 e. The average molecular weight is 328 g/mol. The van der Waals surface area contributed by atoms with E-state index in [1.807, 2.05) is 0 Å². The molecule has 5 heteroatoms. The fourth-order valence-electron chi connectivity index (χ4n) is 3.33. The van der Waals surface area contributed by atoms with Crippen LogP contribution in [-0.2, 0) is 9.47 Å². The molecule has 1 atom stereocenters. The van der Waals surface area contributed by atoms with Crippen LogP contribution in [0.25, 0.3) is 0 Å². The third kappa shape index (κ3) is 8.02. The van der Waals surface area contributed by atoms with Crippen molar-refractivity contribution in [1.29, 1.82) is 0 Å². The molecule has 0 aromatic heterocycles. The zero-order valence-electron chi connectivity index (χ0n) is 15.7. The Balaban J connectivity index is 2.44. The highest BCUT2D eigenvalue weighted by atomic mass is 16.5. The third-order valence-corrected chi connectivity index (χ3v) is 4.41. The molecule has 1 saturated heterocycles. The molecule has 23 heavy (non-hydrogen) atoms. The van der Waals surface area contributed by atoms with Crippen LogP contribution in [0.1, 0.15) is 52.9 Å². The van der Waals surface area contributed by atoms with E-state index in [4.69, 9.17) is 14.5 Å². The van der Waals surface area contributed by atoms with E-state index in [9.17, 15) is 0 Å². The SMILES string of the molecule is CCCC1(C)CCCN(C(=NCCCOCCOC)NCC)C1. The van der Waals surface area contributed by atoms with E-state index >= 15 is 0 Å². The van der Waals surface area contributed by atoms with E-state index in [2.05, 4.69) is 31.0 Å².